The van der Waals surface area contributed by atoms with Gasteiger partial charge in [-0.2, -0.15) is 0 Å². The van der Waals surface area contributed by atoms with E-state index >= 15 is 0 Å². The zero-order valence-corrected chi connectivity index (χ0v) is 11.7. The van der Waals surface area contributed by atoms with E-state index in [1.807, 2.05) is 12.1 Å². The molecule has 0 saturated carbocycles. The fourth-order valence-electron chi connectivity index (χ4n) is 3.07. The van der Waals surface area contributed by atoms with Gasteiger partial charge in [0.05, 0.1) is 6.10 Å². The summed E-state index contributed by atoms with van der Waals surface area (Å²) in [4.78, 5) is 26.0. The lowest BCUT2D eigenvalue weighted by Gasteiger charge is -2.22. The van der Waals surface area contributed by atoms with Crippen molar-refractivity contribution in [2.45, 2.75) is 31.8 Å². The maximum atomic E-state index is 12.6. The second-order valence-electron chi connectivity index (χ2n) is 5.58. The molecule has 2 aliphatic rings. The third-order valence-electron chi connectivity index (χ3n) is 4.16. The van der Waals surface area contributed by atoms with Crippen LogP contribution in [0.4, 0.5) is 0 Å². The lowest BCUT2D eigenvalue weighted by Crippen LogP contribution is -2.34. The van der Waals surface area contributed by atoms with Gasteiger partial charge < -0.3 is 9.64 Å². The highest BCUT2D eigenvalue weighted by Gasteiger charge is 2.27. The highest BCUT2D eigenvalue weighted by atomic mass is 16.5. The van der Waals surface area contributed by atoms with Gasteiger partial charge >= 0.3 is 0 Å². The van der Waals surface area contributed by atoms with Gasteiger partial charge in [-0.1, -0.05) is 12.1 Å². The fraction of sp³-hybridized carbons (Fsp3) is 0.500. The van der Waals surface area contributed by atoms with Crippen molar-refractivity contribution in [1.29, 1.82) is 0 Å². The molecule has 1 fully saturated rings. The molecule has 4 heteroatoms. The van der Waals surface area contributed by atoms with Crippen LogP contribution in [0.2, 0.25) is 0 Å². The number of carbonyl (C=O) groups is 2. The molecule has 3 rings (SSSR count). The Labute approximate surface area is 118 Å². The molecule has 1 aromatic rings. The molecule has 1 aliphatic heterocycles. The number of likely N-dealkylation sites (N-methyl/N-ethyl adjacent to an activating group) is 1. The van der Waals surface area contributed by atoms with E-state index < -0.39 is 0 Å². The average molecular weight is 273 g/mol. The van der Waals surface area contributed by atoms with E-state index in [-0.39, 0.29) is 17.8 Å². The van der Waals surface area contributed by atoms with Gasteiger partial charge in [0, 0.05) is 37.7 Å². The van der Waals surface area contributed by atoms with E-state index in [1.165, 1.54) is 0 Å². The number of hydrogen-bond donors (Lipinski definition) is 0. The summed E-state index contributed by atoms with van der Waals surface area (Å²) in [6.07, 6.45) is 3.45. The van der Waals surface area contributed by atoms with Crippen LogP contribution in [0.1, 0.15) is 45.5 Å². The summed E-state index contributed by atoms with van der Waals surface area (Å²) >= 11 is 0. The maximum Gasteiger partial charge on any atom is 0.253 e. The second-order valence-corrected chi connectivity index (χ2v) is 5.58. The molecule has 1 amide bonds. The van der Waals surface area contributed by atoms with Crippen LogP contribution in [0.25, 0.3) is 0 Å². The van der Waals surface area contributed by atoms with E-state index in [1.54, 1.807) is 18.0 Å². The number of fused-ring (bicyclic) bond motifs is 1. The zero-order chi connectivity index (χ0) is 14.1. The highest BCUT2D eigenvalue weighted by molar-refractivity contribution is 6.05. The number of nitrogens with zero attached hydrogens (tertiary/aromatic N) is 1. The molecule has 0 radical (unpaired) electrons. The first kappa shape index (κ1) is 13.3. The minimum absolute atomic E-state index is 0.00736. The molecule has 4 nitrogen and oxygen atoms in total. The average Bonchev–Trinajstić information content (AvgIpc) is 3.08. The van der Waals surface area contributed by atoms with Gasteiger partial charge in [0.1, 0.15) is 0 Å². The number of carbonyl (C=O) groups excluding carboxylic acids is 2. The SMILES string of the molecule is CN(CC1CCCO1)C(=O)c1cccc2c1CCC2=O. The third-order valence-corrected chi connectivity index (χ3v) is 4.16. The van der Waals surface area contributed by atoms with Crippen molar-refractivity contribution >= 4 is 11.7 Å². The van der Waals surface area contributed by atoms with Crippen molar-refractivity contribution in [2.24, 2.45) is 0 Å². The minimum atomic E-state index is -0.00736. The minimum Gasteiger partial charge on any atom is -0.376 e. The predicted octanol–water partition coefficient (Wildman–Crippen LogP) is 2.07. The van der Waals surface area contributed by atoms with Gasteiger partial charge in [0.15, 0.2) is 5.78 Å². The number of ether oxygens (including phenoxy) is 1. The summed E-state index contributed by atoms with van der Waals surface area (Å²) in [6.45, 7) is 1.42. The van der Waals surface area contributed by atoms with E-state index in [2.05, 4.69) is 0 Å². The Morgan fingerprint density at radius 1 is 1.40 bits per heavy atom. The molecule has 0 N–H and O–H groups in total. The molecule has 1 heterocycles. The van der Waals surface area contributed by atoms with Crippen molar-refractivity contribution in [1.82, 2.24) is 4.90 Å². The number of Topliss-reactive ketones (excluding diaryl/α,β-unsaturated/α-hetero) is 1. The Hall–Kier alpha value is -1.68. The molecule has 1 atom stereocenters. The third kappa shape index (κ3) is 2.36. The van der Waals surface area contributed by atoms with Crippen LogP contribution >= 0.6 is 0 Å². The van der Waals surface area contributed by atoms with Crippen molar-refractivity contribution in [3.8, 4) is 0 Å². The quantitative estimate of drug-likeness (QED) is 0.847. The summed E-state index contributed by atoms with van der Waals surface area (Å²) in [5.41, 5.74) is 2.32. The van der Waals surface area contributed by atoms with E-state index in [9.17, 15) is 9.59 Å². The molecule has 20 heavy (non-hydrogen) atoms. The lowest BCUT2D eigenvalue weighted by molar-refractivity contribution is 0.0586. The van der Waals surface area contributed by atoms with Gasteiger partial charge in [-0.3, -0.25) is 9.59 Å². The standard InChI is InChI=1S/C16H19NO3/c1-17(10-11-4-3-9-20-11)16(19)14-6-2-5-13-12(14)7-8-15(13)18/h2,5-6,11H,3-4,7-10H2,1H3. The molecular weight excluding hydrogens is 254 g/mol. The number of rotatable bonds is 3. The number of ketones is 1. The first-order chi connectivity index (χ1) is 9.66. The van der Waals surface area contributed by atoms with Crippen LogP contribution in [0.3, 0.4) is 0 Å². The Kier molecular flexibility index (Phi) is 3.57. The fourth-order valence-corrected chi connectivity index (χ4v) is 3.07. The van der Waals surface area contributed by atoms with E-state index in [0.29, 0.717) is 24.9 Å². The maximum absolute atomic E-state index is 12.6. The Bertz CT molecular complexity index is 547. The molecule has 1 unspecified atom stereocenters. The van der Waals surface area contributed by atoms with Crippen LogP contribution in [0.15, 0.2) is 18.2 Å². The first-order valence-electron chi connectivity index (χ1n) is 7.19. The predicted molar refractivity (Wildman–Crippen MR) is 75.0 cm³/mol. The van der Waals surface area contributed by atoms with Gasteiger partial charge in [-0.05, 0) is 30.9 Å². The van der Waals surface area contributed by atoms with Gasteiger partial charge in [-0.25, -0.2) is 0 Å². The summed E-state index contributed by atoms with van der Waals surface area (Å²) in [5.74, 6) is 0.142. The number of hydrogen-bond acceptors (Lipinski definition) is 3. The van der Waals surface area contributed by atoms with Gasteiger partial charge in [-0.15, -0.1) is 0 Å². The van der Waals surface area contributed by atoms with Gasteiger partial charge in [0.2, 0.25) is 0 Å². The van der Waals surface area contributed by atoms with Gasteiger partial charge in [0.25, 0.3) is 5.91 Å². The topological polar surface area (TPSA) is 46.6 Å². The smallest absolute Gasteiger partial charge is 0.253 e. The Balaban J connectivity index is 1.78. The van der Waals surface area contributed by atoms with Crippen molar-refractivity contribution in [3.63, 3.8) is 0 Å². The van der Waals surface area contributed by atoms with E-state index in [4.69, 9.17) is 4.74 Å². The molecule has 0 spiro atoms. The first-order valence-corrected chi connectivity index (χ1v) is 7.19. The molecule has 1 aliphatic carbocycles. The Morgan fingerprint density at radius 3 is 3.00 bits per heavy atom. The van der Waals surface area contributed by atoms with Crippen LogP contribution < -0.4 is 0 Å². The van der Waals surface area contributed by atoms with Crippen molar-refractivity contribution in [2.75, 3.05) is 20.2 Å². The molecule has 1 aromatic carbocycles. The van der Waals surface area contributed by atoms with Crippen molar-refractivity contribution < 1.29 is 14.3 Å². The normalized spacial score (nSPS) is 21.1. The van der Waals surface area contributed by atoms with Crippen LogP contribution in [0.5, 0.6) is 0 Å². The monoisotopic (exact) mass is 273 g/mol. The summed E-state index contributed by atoms with van der Waals surface area (Å²) in [6, 6.07) is 5.45. The highest BCUT2D eigenvalue weighted by Crippen LogP contribution is 2.26. The summed E-state index contributed by atoms with van der Waals surface area (Å²) in [5, 5.41) is 0. The number of benzene rings is 1. The van der Waals surface area contributed by atoms with Crippen LogP contribution in [-0.4, -0.2) is 42.9 Å². The number of amides is 1. The largest absolute Gasteiger partial charge is 0.376 e. The molecule has 0 bridgehead atoms. The van der Waals surface area contributed by atoms with Crippen LogP contribution in [0, 0.1) is 0 Å². The van der Waals surface area contributed by atoms with Crippen molar-refractivity contribution in [3.05, 3.63) is 34.9 Å². The molecule has 1 saturated heterocycles. The van der Waals surface area contributed by atoms with Crippen LogP contribution in [-0.2, 0) is 11.2 Å². The second kappa shape index (κ2) is 5.37. The molecular formula is C16H19NO3. The molecule has 106 valence electrons. The lowest BCUT2D eigenvalue weighted by atomic mass is 10.0. The summed E-state index contributed by atoms with van der Waals surface area (Å²) in [7, 11) is 1.81. The van der Waals surface area contributed by atoms with E-state index in [0.717, 1.165) is 30.6 Å². The Morgan fingerprint density at radius 2 is 2.25 bits per heavy atom. The molecule has 0 aromatic heterocycles. The summed E-state index contributed by atoms with van der Waals surface area (Å²) < 4.78 is 5.57. The zero-order valence-electron chi connectivity index (χ0n) is 11.7.